The molecular formula is C22H21NO4S. The molecule has 0 spiro atoms. The zero-order chi connectivity index (χ0) is 20.3. The highest BCUT2D eigenvalue weighted by Gasteiger charge is 2.39. The van der Waals surface area contributed by atoms with Crippen molar-refractivity contribution in [2.75, 3.05) is 0 Å². The highest BCUT2D eigenvalue weighted by Crippen LogP contribution is 2.43. The van der Waals surface area contributed by atoms with Crippen molar-refractivity contribution in [1.82, 2.24) is 4.57 Å². The molecule has 0 atom stereocenters. The summed E-state index contributed by atoms with van der Waals surface area (Å²) in [5.41, 5.74) is 5.68. The first-order chi connectivity index (χ1) is 13.3. The van der Waals surface area contributed by atoms with Gasteiger partial charge in [-0.15, -0.1) is 11.3 Å². The van der Waals surface area contributed by atoms with E-state index in [9.17, 15) is 14.7 Å². The molecule has 0 fully saturated rings. The van der Waals surface area contributed by atoms with Gasteiger partial charge >= 0.3 is 11.9 Å². The number of aromatic nitrogens is 1. The van der Waals surface area contributed by atoms with E-state index in [1.807, 2.05) is 57.5 Å². The van der Waals surface area contributed by atoms with Crippen LogP contribution in [0.25, 0.3) is 22.0 Å². The zero-order valence-corrected chi connectivity index (χ0v) is 17.3. The molecule has 0 unspecified atom stereocenters. The number of fused-ring (bicyclic) bond motifs is 1. The third-order valence-corrected chi connectivity index (χ3v) is 6.77. The van der Waals surface area contributed by atoms with E-state index in [4.69, 9.17) is 4.74 Å². The smallest absolute Gasteiger partial charge is 0.347 e. The van der Waals surface area contributed by atoms with Gasteiger partial charge in [0.15, 0.2) is 0 Å². The Morgan fingerprint density at radius 1 is 1.00 bits per heavy atom. The molecule has 0 radical (unpaired) electrons. The molecule has 5 nitrogen and oxygen atoms in total. The molecule has 3 aromatic rings. The standard InChI is InChI=1S/C22H21NO4S/c1-10-12(3)28-13(4)17(10)19-20(22(26)27-21(19)25)18-11(2)23(5)16-7-6-14(9-24)8-15(16)18/h6-8,24H,9H2,1-5H3. The normalized spacial score (nSPS) is 14.5. The lowest BCUT2D eigenvalue weighted by Crippen LogP contribution is -2.02. The van der Waals surface area contributed by atoms with Crippen LogP contribution in [0.3, 0.4) is 0 Å². The predicted octanol–water partition coefficient (Wildman–Crippen LogP) is 3.96. The van der Waals surface area contributed by atoms with Crippen LogP contribution >= 0.6 is 11.3 Å². The van der Waals surface area contributed by atoms with Crippen LogP contribution in [-0.4, -0.2) is 21.6 Å². The van der Waals surface area contributed by atoms with Crippen LogP contribution in [0.15, 0.2) is 18.2 Å². The van der Waals surface area contributed by atoms with E-state index in [1.165, 1.54) is 0 Å². The highest BCUT2D eigenvalue weighted by atomic mass is 32.1. The zero-order valence-electron chi connectivity index (χ0n) is 16.5. The Labute approximate surface area is 166 Å². The Bertz CT molecular complexity index is 1210. The van der Waals surface area contributed by atoms with E-state index in [0.717, 1.165) is 43.0 Å². The summed E-state index contributed by atoms with van der Waals surface area (Å²) in [6.07, 6.45) is 0. The number of cyclic esters (lactones) is 2. The number of hydrogen-bond acceptors (Lipinski definition) is 5. The average molecular weight is 395 g/mol. The maximum atomic E-state index is 12.8. The van der Waals surface area contributed by atoms with E-state index >= 15 is 0 Å². The van der Waals surface area contributed by atoms with Gasteiger partial charge < -0.3 is 14.4 Å². The van der Waals surface area contributed by atoms with Gasteiger partial charge in [0.25, 0.3) is 0 Å². The van der Waals surface area contributed by atoms with E-state index in [1.54, 1.807) is 11.3 Å². The first kappa shape index (κ1) is 18.7. The summed E-state index contributed by atoms with van der Waals surface area (Å²) in [5, 5.41) is 10.4. The Morgan fingerprint density at radius 2 is 1.64 bits per heavy atom. The number of aryl methyl sites for hydroxylation is 3. The van der Waals surface area contributed by atoms with Crippen LogP contribution < -0.4 is 0 Å². The lowest BCUT2D eigenvalue weighted by Gasteiger charge is -2.06. The van der Waals surface area contributed by atoms with E-state index in [0.29, 0.717) is 16.7 Å². The molecule has 6 heteroatoms. The van der Waals surface area contributed by atoms with Gasteiger partial charge in [0.05, 0.1) is 17.8 Å². The lowest BCUT2D eigenvalue weighted by molar-refractivity contribution is -0.149. The summed E-state index contributed by atoms with van der Waals surface area (Å²) in [7, 11) is 1.92. The van der Waals surface area contributed by atoms with Gasteiger partial charge in [-0.25, -0.2) is 9.59 Å². The van der Waals surface area contributed by atoms with Crippen LogP contribution in [-0.2, 0) is 28.0 Å². The predicted molar refractivity (Wildman–Crippen MR) is 110 cm³/mol. The van der Waals surface area contributed by atoms with Gasteiger partial charge in [0.1, 0.15) is 0 Å². The van der Waals surface area contributed by atoms with Gasteiger partial charge in [0, 0.05) is 44.5 Å². The number of nitrogens with zero attached hydrogens (tertiary/aromatic N) is 1. The fourth-order valence-corrected chi connectivity index (χ4v) is 5.11. The van der Waals surface area contributed by atoms with Crippen molar-refractivity contribution in [2.24, 2.45) is 7.05 Å². The number of ether oxygens (including phenoxy) is 1. The number of carbonyl (C=O) groups is 2. The van der Waals surface area contributed by atoms with Crippen LogP contribution in [0.1, 0.15) is 37.7 Å². The van der Waals surface area contributed by atoms with Gasteiger partial charge in [0.2, 0.25) is 0 Å². The second kappa shape index (κ2) is 6.43. The second-order valence-electron chi connectivity index (χ2n) is 7.17. The first-order valence-electron chi connectivity index (χ1n) is 9.03. The number of carbonyl (C=O) groups excluding carboxylic acids is 2. The van der Waals surface area contributed by atoms with E-state index in [2.05, 4.69) is 0 Å². The number of hydrogen-bond donors (Lipinski definition) is 1. The molecule has 0 bridgehead atoms. The van der Waals surface area contributed by atoms with Gasteiger partial charge in [-0.05, 0) is 51.0 Å². The molecule has 2 aromatic heterocycles. The largest absolute Gasteiger partial charge is 0.392 e. The third-order valence-electron chi connectivity index (χ3n) is 5.64. The topological polar surface area (TPSA) is 68.5 Å². The number of aliphatic hydroxyl groups is 1. The fourth-order valence-electron chi connectivity index (χ4n) is 4.04. The van der Waals surface area contributed by atoms with Crippen molar-refractivity contribution in [3.05, 3.63) is 55.9 Å². The molecule has 3 heterocycles. The third kappa shape index (κ3) is 2.48. The number of thiophene rings is 1. The minimum Gasteiger partial charge on any atom is -0.392 e. The quantitative estimate of drug-likeness (QED) is 0.538. The summed E-state index contributed by atoms with van der Waals surface area (Å²) >= 11 is 1.61. The maximum absolute atomic E-state index is 12.8. The molecule has 1 aliphatic rings. The fraction of sp³-hybridized carbons (Fsp3) is 0.273. The Kier molecular flexibility index (Phi) is 4.28. The second-order valence-corrected chi connectivity index (χ2v) is 8.60. The van der Waals surface area contributed by atoms with Crippen molar-refractivity contribution in [3.8, 4) is 0 Å². The molecule has 4 rings (SSSR count). The maximum Gasteiger partial charge on any atom is 0.347 e. The van der Waals surface area contributed by atoms with Crippen LogP contribution in [0, 0.1) is 27.7 Å². The Morgan fingerprint density at radius 3 is 2.21 bits per heavy atom. The van der Waals surface area contributed by atoms with Crippen LogP contribution in [0.5, 0.6) is 0 Å². The Hall–Kier alpha value is -2.70. The van der Waals surface area contributed by atoms with Crippen molar-refractivity contribution >= 4 is 45.3 Å². The molecular weight excluding hydrogens is 374 g/mol. The van der Waals surface area contributed by atoms with Gasteiger partial charge in [-0.3, -0.25) is 0 Å². The highest BCUT2D eigenvalue weighted by molar-refractivity contribution is 7.12. The monoisotopic (exact) mass is 395 g/mol. The molecule has 1 aromatic carbocycles. The van der Waals surface area contributed by atoms with Crippen LogP contribution in [0.2, 0.25) is 0 Å². The molecule has 0 aliphatic carbocycles. The number of aliphatic hydroxyl groups excluding tert-OH is 1. The van der Waals surface area contributed by atoms with Crippen molar-refractivity contribution in [1.29, 1.82) is 0 Å². The molecule has 0 amide bonds. The van der Waals surface area contributed by atoms with Gasteiger partial charge in [-0.1, -0.05) is 6.07 Å². The van der Waals surface area contributed by atoms with Crippen molar-refractivity contribution < 1.29 is 19.4 Å². The summed E-state index contributed by atoms with van der Waals surface area (Å²) in [5.74, 6) is -1.22. The Balaban J connectivity index is 2.14. The van der Waals surface area contributed by atoms with E-state index in [-0.39, 0.29) is 6.61 Å². The number of benzene rings is 1. The van der Waals surface area contributed by atoms with Crippen molar-refractivity contribution in [3.63, 3.8) is 0 Å². The number of rotatable bonds is 3. The lowest BCUT2D eigenvalue weighted by atomic mass is 9.92. The average Bonchev–Trinajstić information content (AvgIpc) is 3.17. The molecule has 1 N–H and O–H groups in total. The molecule has 0 saturated carbocycles. The number of esters is 2. The minimum absolute atomic E-state index is 0.0967. The molecule has 144 valence electrons. The molecule has 28 heavy (non-hydrogen) atoms. The van der Waals surface area contributed by atoms with Crippen LogP contribution in [0.4, 0.5) is 0 Å². The minimum atomic E-state index is -0.618. The first-order valence-corrected chi connectivity index (χ1v) is 9.84. The summed E-state index contributed by atoms with van der Waals surface area (Å²) in [6, 6.07) is 5.65. The van der Waals surface area contributed by atoms with Crippen molar-refractivity contribution in [2.45, 2.75) is 34.3 Å². The molecule has 0 saturated heterocycles. The molecule has 1 aliphatic heterocycles. The van der Waals surface area contributed by atoms with E-state index < -0.39 is 11.9 Å². The summed E-state index contributed by atoms with van der Waals surface area (Å²) in [4.78, 5) is 27.6. The SMILES string of the molecule is Cc1sc(C)c(C2=C(c3c(C)n(C)c4ccc(CO)cc34)C(=O)OC2=O)c1C. The summed E-state index contributed by atoms with van der Waals surface area (Å²) < 4.78 is 7.07. The summed E-state index contributed by atoms with van der Waals surface area (Å²) in [6.45, 7) is 7.76. The van der Waals surface area contributed by atoms with Gasteiger partial charge in [-0.2, -0.15) is 0 Å².